The van der Waals surface area contributed by atoms with Gasteiger partial charge in [0.15, 0.2) is 0 Å². The maximum Gasteiger partial charge on any atom is 0.243 e. The van der Waals surface area contributed by atoms with E-state index in [0.717, 1.165) is 11.4 Å². The Morgan fingerprint density at radius 3 is 2.71 bits per heavy atom. The SMILES string of the molecule is O=C(CNc1cnn(-c2ccccc2)c1)Nc1cc(Cl)ccc1Cl. The average Bonchev–Trinajstić information content (AvgIpc) is 3.06. The van der Waals surface area contributed by atoms with Gasteiger partial charge in [-0.05, 0) is 30.3 Å². The maximum absolute atomic E-state index is 12.0. The number of nitrogens with one attached hydrogen (secondary N) is 2. The largest absolute Gasteiger partial charge is 0.374 e. The van der Waals surface area contributed by atoms with Crippen LogP contribution >= 0.6 is 23.2 Å². The molecule has 0 saturated carbocycles. The average molecular weight is 361 g/mol. The molecule has 24 heavy (non-hydrogen) atoms. The van der Waals surface area contributed by atoms with Crippen molar-refractivity contribution in [2.45, 2.75) is 0 Å². The number of amides is 1. The van der Waals surface area contributed by atoms with E-state index in [4.69, 9.17) is 23.2 Å². The third-order valence-corrected chi connectivity index (χ3v) is 3.82. The monoisotopic (exact) mass is 360 g/mol. The molecule has 3 aromatic rings. The number of benzene rings is 2. The third-order valence-electron chi connectivity index (χ3n) is 3.26. The molecule has 0 atom stereocenters. The molecular formula is C17H14Cl2N4O. The number of para-hydroxylation sites is 1. The Balaban J connectivity index is 1.59. The van der Waals surface area contributed by atoms with E-state index in [9.17, 15) is 4.79 Å². The highest BCUT2D eigenvalue weighted by atomic mass is 35.5. The van der Waals surface area contributed by atoms with Crippen LogP contribution in [-0.2, 0) is 4.79 Å². The van der Waals surface area contributed by atoms with Gasteiger partial charge in [0.1, 0.15) is 0 Å². The van der Waals surface area contributed by atoms with E-state index in [0.29, 0.717) is 15.7 Å². The molecule has 1 heterocycles. The first-order valence-corrected chi connectivity index (χ1v) is 7.96. The topological polar surface area (TPSA) is 59.0 Å². The highest BCUT2D eigenvalue weighted by Crippen LogP contribution is 2.25. The predicted octanol–water partition coefficient (Wildman–Crippen LogP) is 4.23. The Morgan fingerprint density at radius 2 is 1.92 bits per heavy atom. The van der Waals surface area contributed by atoms with Gasteiger partial charge in [-0.3, -0.25) is 4.79 Å². The molecule has 122 valence electrons. The molecule has 1 amide bonds. The quantitative estimate of drug-likeness (QED) is 0.715. The second-order valence-corrected chi connectivity index (χ2v) is 5.88. The summed E-state index contributed by atoms with van der Waals surface area (Å²) in [6.45, 7) is 0.0866. The van der Waals surface area contributed by atoms with Gasteiger partial charge in [-0.1, -0.05) is 41.4 Å². The summed E-state index contributed by atoms with van der Waals surface area (Å²) in [6, 6.07) is 14.6. The van der Waals surface area contributed by atoms with Crippen LogP contribution in [0, 0.1) is 0 Å². The highest BCUT2D eigenvalue weighted by Gasteiger charge is 2.07. The zero-order chi connectivity index (χ0) is 16.9. The molecule has 5 nitrogen and oxygen atoms in total. The van der Waals surface area contributed by atoms with E-state index in [2.05, 4.69) is 15.7 Å². The Morgan fingerprint density at radius 1 is 1.12 bits per heavy atom. The van der Waals surface area contributed by atoms with Gasteiger partial charge in [-0.25, -0.2) is 4.68 Å². The van der Waals surface area contributed by atoms with Crippen molar-refractivity contribution < 1.29 is 4.79 Å². The minimum absolute atomic E-state index is 0.0866. The summed E-state index contributed by atoms with van der Waals surface area (Å²) in [5, 5.41) is 10.9. The lowest BCUT2D eigenvalue weighted by molar-refractivity contribution is -0.114. The van der Waals surface area contributed by atoms with Crippen LogP contribution in [0.25, 0.3) is 5.69 Å². The maximum atomic E-state index is 12.0. The summed E-state index contributed by atoms with van der Waals surface area (Å²) in [4.78, 5) is 12.0. The van der Waals surface area contributed by atoms with Gasteiger partial charge in [-0.15, -0.1) is 0 Å². The zero-order valence-corrected chi connectivity index (χ0v) is 14.1. The lowest BCUT2D eigenvalue weighted by Crippen LogP contribution is -2.21. The molecule has 0 aliphatic carbocycles. The van der Waals surface area contributed by atoms with E-state index in [1.807, 2.05) is 36.5 Å². The van der Waals surface area contributed by atoms with E-state index < -0.39 is 0 Å². The number of anilines is 2. The number of aromatic nitrogens is 2. The number of hydrogen-bond acceptors (Lipinski definition) is 3. The van der Waals surface area contributed by atoms with Crippen LogP contribution in [0.15, 0.2) is 60.9 Å². The van der Waals surface area contributed by atoms with Crippen molar-refractivity contribution in [1.82, 2.24) is 9.78 Å². The van der Waals surface area contributed by atoms with Gasteiger partial charge < -0.3 is 10.6 Å². The predicted molar refractivity (Wildman–Crippen MR) is 97.1 cm³/mol. The van der Waals surface area contributed by atoms with Crippen LogP contribution in [0.1, 0.15) is 0 Å². The second kappa shape index (κ2) is 7.38. The molecule has 0 saturated heterocycles. The first-order valence-electron chi connectivity index (χ1n) is 7.21. The van der Waals surface area contributed by atoms with Crippen molar-refractivity contribution in [1.29, 1.82) is 0 Å². The first-order chi connectivity index (χ1) is 11.6. The minimum Gasteiger partial charge on any atom is -0.374 e. The van der Waals surface area contributed by atoms with Crippen molar-refractivity contribution >= 4 is 40.5 Å². The van der Waals surface area contributed by atoms with Crippen LogP contribution in [0.5, 0.6) is 0 Å². The van der Waals surface area contributed by atoms with Crippen LogP contribution in [0.3, 0.4) is 0 Å². The van der Waals surface area contributed by atoms with E-state index in [1.54, 1.807) is 29.1 Å². The van der Waals surface area contributed by atoms with Gasteiger partial charge >= 0.3 is 0 Å². The van der Waals surface area contributed by atoms with Crippen LogP contribution in [-0.4, -0.2) is 22.2 Å². The lowest BCUT2D eigenvalue weighted by atomic mass is 10.3. The number of carbonyl (C=O) groups excluding carboxylic acids is 1. The van der Waals surface area contributed by atoms with Crippen molar-refractivity contribution in [3.8, 4) is 5.69 Å². The van der Waals surface area contributed by atoms with Gasteiger partial charge in [0.05, 0.1) is 41.0 Å². The smallest absolute Gasteiger partial charge is 0.243 e. The van der Waals surface area contributed by atoms with E-state index in [1.165, 1.54) is 0 Å². The summed E-state index contributed by atoms with van der Waals surface area (Å²) in [5.74, 6) is -0.230. The molecular weight excluding hydrogens is 347 g/mol. The Bertz CT molecular complexity index is 849. The van der Waals surface area contributed by atoms with E-state index in [-0.39, 0.29) is 12.5 Å². The fraction of sp³-hybridized carbons (Fsp3) is 0.0588. The summed E-state index contributed by atoms with van der Waals surface area (Å²) < 4.78 is 1.73. The van der Waals surface area contributed by atoms with Crippen molar-refractivity contribution in [3.05, 3.63) is 71.0 Å². The lowest BCUT2D eigenvalue weighted by Gasteiger charge is -2.08. The minimum atomic E-state index is -0.230. The highest BCUT2D eigenvalue weighted by molar-refractivity contribution is 6.35. The number of hydrogen-bond donors (Lipinski definition) is 2. The summed E-state index contributed by atoms with van der Waals surface area (Å²) in [6.07, 6.45) is 3.47. The van der Waals surface area contributed by atoms with Crippen molar-refractivity contribution in [3.63, 3.8) is 0 Å². The fourth-order valence-corrected chi connectivity index (χ4v) is 2.44. The Hall–Kier alpha value is -2.50. The fourth-order valence-electron chi connectivity index (χ4n) is 2.11. The number of nitrogens with zero attached hydrogens (tertiary/aromatic N) is 2. The van der Waals surface area contributed by atoms with Crippen LogP contribution in [0.2, 0.25) is 10.0 Å². The number of halogens is 2. The molecule has 2 N–H and O–H groups in total. The van der Waals surface area contributed by atoms with Crippen molar-refractivity contribution in [2.75, 3.05) is 17.2 Å². The molecule has 2 aromatic carbocycles. The molecule has 0 aliphatic heterocycles. The number of carbonyl (C=O) groups is 1. The molecule has 0 radical (unpaired) electrons. The Kier molecular flexibility index (Phi) is 5.03. The summed E-state index contributed by atoms with van der Waals surface area (Å²) in [7, 11) is 0. The van der Waals surface area contributed by atoms with Gasteiger partial charge in [0.2, 0.25) is 5.91 Å². The molecule has 0 unspecified atom stereocenters. The normalized spacial score (nSPS) is 10.4. The van der Waals surface area contributed by atoms with Crippen LogP contribution in [0.4, 0.5) is 11.4 Å². The van der Waals surface area contributed by atoms with E-state index >= 15 is 0 Å². The molecule has 7 heteroatoms. The van der Waals surface area contributed by atoms with Crippen molar-refractivity contribution in [2.24, 2.45) is 0 Å². The second-order valence-electron chi connectivity index (χ2n) is 5.04. The molecule has 3 rings (SSSR count). The van der Waals surface area contributed by atoms with Crippen LogP contribution < -0.4 is 10.6 Å². The first kappa shape index (κ1) is 16.4. The Labute approximate surface area is 149 Å². The summed E-state index contributed by atoms with van der Waals surface area (Å²) in [5.41, 5.74) is 2.17. The van der Waals surface area contributed by atoms with Gasteiger partial charge in [-0.2, -0.15) is 5.10 Å². The molecule has 0 spiro atoms. The summed E-state index contributed by atoms with van der Waals surface area (Å²) >= 11 is 11.9. The van der Waals surface area contributed by atoms with Gasteiger partial charge in [0, 0.05) is 5.02 Å². The molecule has 1 aromatic heterocycles. The zero-order valence-electron chi connectivity index (χ0n) is 12.5. The standard InChI is InChI=1S/C17H14Cl2N4O/c18-12-6-7-15(19)16(8-12)22-17(24)10-20-13-9-21-23(11-13)14-4-2-1-3-5-14/h1-9,11,20H,10H2,(H,22,24). The molecule has 0 aliphatic rings. The molecule has 0 fully saturated rings. The van der Waals surface area contributed by atoms with Gasteiger partial charge in [0.25, 0.3) is 0 Å². The molecule has 0 bridgehead atoms. The number of rotatable bonds is 5. The third kappa shape index (κ3) is 4.07.